The maximum Gasteiger partial charge on any atom is 0.267 e. The number of benzene rings is 3. The second-order valence-electron chi connectivity index (χ2n) is 10.9. The average molecular weight is 642 g/mol. The van der Waals surface area contributed by atoms with Crippen molar-refractivity contribution in [1.82, 2.24) is 24.4 Å². The summed E-state index contributed by atoms with van der Waals surface area (Å²) in [5.41, 5.74) is 3.25. The molecule has 1 amide bonds. The number of methoxy groups -OCH3 is 1. The molecule has 1 N–H and O–H groups in total. The number of hydrogen-bond donors (Lipinski definition) is 1. The van der Waals surface area contributed by atoms with Crippen molar-refractivity contribution < 1.29 is 9.53 Å². The third kappa shape index (κ3) is 5.81. The smallest absolute Gasteiger partial charge is 0.267 e. The number of amides is 1. The van der Waals surface area contributed by atoms with Gasteiger partial charge in [-0.25, -0.2) is 15.0 Å². The summed E-state index contributed by atoms with van der Waals surface area (Å²) in [5.74, 6) is 1.92. The number of carbonyl (C=O) groups excluding carboxylic acids is 1. The van der Waals surface area contributed by atoms with Crippen LogP contribution in [0.5, 0.6) is 5.75 Å². The first kappa shape index (κ1) is 30.4. The van der Waals surface area contributed by atoms with Crippen LogP contribution in [0, 0.1) is 6.92 Å². The molecule has 3 aromatic carbocycles. The number of hydrogen-bond acceptors (Lipinski definition) is 9. The van der Waals surface area contributed by atoms with Crippen LogP contribution in [-0.2, 0) is 6.54 Å². The number of ether oxygens (including phenoxy) is 1. The van der Waals surface area contributed by atoms with Gasteiger partial charge in [0, 0.05) is 13.6 Å². The van der Waals surface area contributed by atoms with E-state index >= 15 is 0 Å². The van der Waals surface area contributed by atoms with Crippen LogP contribution >= 0.6 is 23.4 Å². The Morgan fingerprint density at radius 3 is 2.51 bits per heavy atom. The lowest BCUT2D eigenvalue weighted by molar-refractivity contribution is 0.0780. The summed E-state index contributed by atoms with van der Waals surface area (Å²) in [7, 11) is 3.39. The molecule has 0 spiro atoms. The molecule has 3 heterocycles. The molecule has 45 heavy (non-hydrogen) atoms. The van der Waals surface area contributed by atoms with Crippen molar-refractivity contribution in [3.63, 3.8) is 0 Å². The molecule has 0 bridgehead atoms. The van der Waals surface area contributed by atoms with Gasteiger partial charge >= 0.3 is 0 Å². The van der Waals surface area contributed by atoms with Crippen LogP contribution in [0.2, 0.25) is 5.02 Å². The zero-order chi connectivity index (χ0) is 31.8. The third-order valence-electron chi connectivity index (χ3n) is 7.70. The zero-order valence-electron chi connectivity index (χ0n) is 25.5. The van der Waals surface area contributed by atoms with Crippen molar-refractivity contribution in [2.75, 3.05) is 37.3 Å². The maximum atomic E-state index is 14.0. The number of rotatable bonds is 8. The number of nitrogens with one attached hydrogen (secondary N) is 1. The molecule has 10 nitrogen and oxygen atoms in total. The highest BCUT2D eigenvalue weighted by molar-refractivity contribution is 7.98. The Labute approximate surface area is 270 Å². The van der Waals surface area contributed by atoms with Gasteiger partial charge in [-0.3, -0.25) is 14.2 Å². The molecule has 0 unspecified atom stereocenters. The monoisotopic (exact) mass is 641 g/mol. The average Bonchev–Trinajstić information content (AvgIpc) is 3.03. The molecule has 0 radical (unpaired) electrons. The molecule has 6 rings (SSSR count). The number of carbonyl (C=O) groups is 1. The standard InChI is InChI=1S/C33H32ClN7O3S/c1-19-8-6-9-22(16-19)41-29(36-25-11-7-10-24(34)26(25)32(41)43)20(2)35-28-27-30(38-33(37-28)45-5)40(18-39(3)31(27)42)17-21-12-14-23(44-4)15-13-21/h6-16,20H,17-18H2,1-5H3,(H,35,37,38)/t20-/m0/s1. The predicted molar refractivity (Wildman–Crippen MR) is 179 cm³/mol. The van der Waals surface area contributed by atoms with E-state index in [1.165, 1.54) is 11.8 Å². The van der Waals surface area contributed by atoms with Crippen LogP contribution in [-0.4, -0.2) is 57.4 Å². The van der Waals surface area contributed by atoms with Crippen LogP contribution in [0.15, 0.2) is 76.7 Å². The molecule has 0 saturated carbocycles. The van der Waals surface area contributed by atoms with E-state index in [0.717, 1.165) is 16.9 Å². The van der Waals surface area contributed by atoms with Gasteiger partial charge in [-0.2, -0.15) is 0 Å². The minimum atomic E-state index is -0.551. The summed E-state index contributed by atoms with van der Waals surface area (Å²) < 4.78 is 6.89. The van der Waals surface area contributed by atoms with Crippen molar-refractivity contribution in [2.24, 2.45) is 0 Å². The Hall–Kier alpha value is -4.61. The number of halogens is 1. The Morgan fingerprint density at radius 2 is 1.80 bits per heavy atom. The van der Waals surface area contributed by atoms with E-state index in [-0.39, 0.29) is 11.5 Å². The van der Waals surface area contributed by atoms with Crippen molar-refractivity contribution in [3.8, 4) is 11.4 Å². The number of aromatic nitrogens is 4. The number of anilines is 2. The van der Waals surface area contributed by atoms with Crippen molar-refractivity contribution in [1.29, 1.82) is 0 Å². The molecule has 0 saturated heterocycles. The van der Waals surface area contributed by atoms with Crippen LogP contribution in [0.3, 0.4) is 0 Å². The summed E-state index contributed by atoms with van der Waals surface area (Å²) in [6, 6.07) is 20.1. The normalized spacial score (nSPS) is 13.6. The number of aryl methyl sites for hydroxylation is 1. The molecule has 0 aliphatic carbocycles. The Bertz CT molecular complexity index is 1980. The van der Waals surface area contributed by atoms with Gasteiger partial charge in [0.1, 0.15) is 28.8 Å². The quantitative estimate of drug-likeness (QED) is 0.159. The minimum absolute atomic E-state index is 0.201. The molecular formula is C33H32ClN7O3S. The number of fused-ring (bicyclic) bond motifs is 2. The van der Waals surface area contributed by atoms with Gasteiger partial charge < -0.3 is 19.9 Å². The molecule has 5 aromatic rings. The van der Waals surface area contributed by atoms with Gasteiger partial charge in [-0.05, 0) is 67.6 Å². The van der Waals surface area contributed by atoms with Gasteiger partial charge in [0.2, 0.25) is 0 Å². The summed E-state index contributed by atoms with van der Waals surface area (Å²) in [6.45, 7) is 4.74. The second-order valence-corrected chi connectivity index (χ2v) is 12.1. The molecule has 1 aliphatic heterocycles. The summed E-state index contributed by atoms with van der Waals surface area (Å²) in [5, 5.41) is 4.61. The van der Waals surface area contributed by atoms with E-state index in [0.29, 0.717) is 63.0 Å². The molecule has 2 aromatic heterocycles. The van der Waals surface area contributed by atoms with Crippen LogP contribution in [0.1, 0.15) is 40.3 Å². The van der Waals surface area contributed by atoms with E-state index in [1.807, 2.05) is 68.6 Å². The lowest BCUT2D eigenvalue weighted by Crippen LogP contribution is -2.45. The van der Waals surface area contributed by atoms with Crippen LogP contribution in [0.4, 0.5) is 11.6 Å². The van der Waals surface area contributed by atoms with Crippen LogP contribution < -0.4 is 20.5 Å². The van der Waals surface area contributed by atoms with E-state index in [4.69, 9.17) is 31.3 Å². The van der Waals surface area contributed by atoms with E-state index in [2.05, 4.69) is 10.2 Å². The summed E-state index contributed by atoms with van der Waals surface area (Å²) in [6.07, 6.45) is 1.89. The van der Waals surface area contributed by atoms with Gasteiger partial charge in [0.15, 0.2) is 5.16 Å². The summed E-state index contributed by atoms with van der Waals surface area (Å²) >= 11 is 7.89. The Morgan fingerprint density at radius 1 is 1.04 bits per heavy atom. The first-order chi connectivity index (χ1) is 21.7. The van der Waals surface area contributed by atoms with Crippen LogP contribution in [0.25, 0.3) is 16.6 Å². The molecule has 1 atom stereocenters. The van der Waals surface area contributed by atoms with E-state index < -0.39 is 6.04 Å². The predicted octanol–water partition coefficient (Wildman–Crippen LogP) is 6.09. The van der Waals surface area contributed by atoms with Crippen molar-refractivity contribution >= 4 is 51.8 Å². The minimum Gasteiger partial charge on any atom is -0.497 e. The second kappa shape index (κ2) is 12.4. The highest BCUT2D eigenvalue weighted by atomic mass is 35.5. The number of nitrogens with zero attached hydrogens (tertiary/aromatic N) is 6. The lowest BCUT2D eigenvalue weighted by Gasteiger charge is -2.36. The fourth-order valence-corrected chi connectivity index (χ4v) is 6.10. The first-order valence-corrected chi connectivity index (χ1v) is 15.9. The first-order valence-electron chi connectivity index (χ1n) is 14.3. The van der Waals surface area contributed by atoms with Gasteiger partial charge in [0.25, 0.3) is 11.5 Å². The van der Waals surface area contributed by atoms with Gasteiger partial charge in [-0.1, -0.05) is 53.7 Å². The largest absolute Gasteiger partial charge is 0.497 e. The molecule has 1 aliphatic rings. The summed E-state index contributed by atoms with van der Waals surface area (Å²) in [4.78, 5) is 45.9. The maximum absolute atomic E-state index is 14.0. The highest BCUT2D eigenvalue weighted by Gasteiger charge is 2.34. The lowest BCUT2D eigenvalue weighted by atomic mass is 10.1. The fraction of sp³-hybridized carbons (Fsp3) is 0.242. The highest BCUT2D eigenvalue weighted by Crippen LogP contribution is 2.35. The van der Waals surface area contributed by atoms with E-state index in [1.54, 1.807) is 41.8 Å². The molecule has 230 valence electrons. The van der Waals surface area contributed by atoms with Crippen molar-refractivity contribution in [2.45, 2.75) is 31.6 Å². The SMILES string of the molecule is COc1ccc(CN2CN(C)C(=O)c3c(N[C@@H](C)c4nc5cccc(Cl)c5c(=O)n4-c4cccc(C)c4)nc(SC)nc32)cc1. The third-order valence-corrected chi connectivity index (χ3v) is 8.56. The van der Waals surface area contributed by atoms with Gasteiger partial charge in [0.05, 0.1) is 41.4 Å². The Balaban J connectivity index is 1.47. The van der Waals surface area contributed by atoms with Crippen molar-refractivity contribution in [3.05, 3.63) is 105 Å². The molecule has 12 heteroatoms. The fourth-order valence-electron chi connectivity index (χ4n) is 5.49. The zero-order valence-corrected chi connectivity index (χ0v) is 27.1. The molecule has 0 fully saturated rings. The topological polar surface area (TPSA) is 105 Å². The van der Waals surface area contributed by atoms with Gasteiger partial charge in [-0.15, -0.1) is 0 Å². The van der Waals surface area contributed by atoms with E-state index in [9.17, 15) is 9.59 Å². The molecular weight excluding hydrogens is 610 g/mol. The number of thioether (sulfide) groups is 1. The Kier molecular flexibility index (Phi) is 8.39.